The van der Waals surface area contributed by atoms with E-state index in [1.54, 1.807) is 0 Å². The molecule has 1 aliphatic carbocycles. The number of thioether (sulfide) groups is 1. The summed E-state index contributed by atoms with van der Waals surface area (Å²) in [6.45, 7) is 0. The van der Waals surface area contributed by atoms with Crippen molar-refractivity contribution in [1.29, 1.82) is 0 Å². The molecule has 0 saturated carbocycles. The molecule has 0 radical (unpaired) electrons. The maximum Gasteiger partial charge on any atom is 0.254 e. The molecule has 1 aromatic carbocycles. The summed E-state index contributed by atoms with van der Waals surface area (Å²) in [4.78, 5) is 31.0. The summed E-state index contributed by atoms with van der Waals surface area (Å²) in [5.74, 6) is 0.0996. The Hall–Kier alpha value is -1.35. The van der Waals surface area contributed by atoms with Crippen molar-refractivity contribution in [2.24, 2.45) is 0 Å². The standard InChI is InChI=1S/C15H14IN3O2S/c16-9-4-6-10(7-5-9)17-13(20)8-22-15-18-12-3-1-2-11(12)14(21)19-15/h4-7H,1-3,8H2,(H,17,20)(H,18,19,21). The summed E-state index contributed by atoms with van der Waals surface area (Å²) >= 11 is 3.46. The van der Waals surface area contributed by atoms with Gasteiger partial charge in [-0.25, -0.2) is 4.98 Å². The first-order chi connectivity index (χ1) is 10.6. The number of H-pyrrole nitrogens is 1. The molecule has 1 heterocycles. The van der Waals surface area contributed by atoms with Crippen molar-refractivity contribution in [3.05, 3.63) is 49.4 Å². The van der Waals surface area contributed by atoms with Gasteiger partial charge in [-0.15, -0.1) is 0 Å². The Morgan fingerprint density at radius 2 is 2.09 bits per heavy atom. The quantitative estimate of drug-likeness (QED) is 0.447. The van der Waals surface area contributed by atoms with Gasteiger partial charge in [0.2, 0.25) is 5.91 Å². The normalized spacial score (nSPS) is 13.0. The SMILES string of the molecule is O=C(CSc1nc2c(c(=O)[nH]1)CCC2)Nc1ccc(I)cc1. The molecular formula is C15H14IN3O2S. The number of aromatic amines is 1. The molecule has 1 aliphatic rings. The van der Waals surface area contributed by atoms with Crippen LogP contribution in [0.3, 0.4) is 0 Å². The van der Waals surface area contributed by atoms with Crippen molar-refractivity contribution in [2.45, 2.75) is 24.4 Å². The van der Waals surface area contributed by atoms with Gasteiger partial charge in [0.05, 0.1) is 11.4 Å². The highest BCUT2D eigenvalue weighted by molar-refractivity contribution is 14.1. The van der Waals surface area contributed by atoms with E-state index in [1.165, 1.54) is 11.8 Å². The molecule has 2 N–H and O–H groups in total. The van der Waals surface area contributed by atoms with Gasteiger partial charge in [0.25, 0.3) is 5.56 Å². The Morgan fingerprint density at radius 3 is 2.86 bits per heavy atom. The van der Waals surface area contributed by atoms with Gasteiger partial charge in [-0.05, 0) is 66.1 Å². The van der Waals surface area contributed by atoms with Crippen LogP contribution >= 0.6 is 34.4 Å². The van der Waals surface area contributed by atoms with Crippen LogP contribution in [0.1, 0.15) is 17.7 Å². The third-order valence-electron chi connectivity index (χ3n) is 3.39. The molecule has 0 aliphatic heterocycles. The number of halogens is 1. The third kappa shape index (κ3) is 3.70. The average Bonchev–Trinajstić information content (AvgIpc) is 2.97. The second-order valence-electron chi connectivity index (χ2n) is 4.99. The van der Waals surface area contributed by atoms with E-state index in [4.69, 9.17) is 0 Å². The van der Waals surface area contributed by atoms with Gasteiger partial charge in [-0.2, -0.15) is 0 Å². The van der Waals surface area contributed by atoms with E-state index in [0.717, 1.165) is 39.8 Å². The molecule has 0 atom stereocenters. The fourth-order valence-electron chi connectivity index (χ4n) is 2.35. The third-order valence-corrected chi connectivity index (χ3v) is 4.98. The molecule has 1 aromatic heterocycles. The number of amides is 1. The summed E-state index contributed by atoms with van der Waals surface area (Å²) in [7, 11) is 0. The molecule has 3 rings (SSSR count). The topological polar surface area (TPSA) is 74.8 Å². The maximum atomic E-state index is 11.9. The zero-order valence-corrected chi connectivity index (χ0v) is 14.7. The van der Waals surface area contributed by atoms with Crippen LogP contribution in [0.15, 0.2) is 34.2 Å². The number of benzene rings is 1. The lowest BCUT2D eigenvalue weighted by Gasteiger charge is -2.06. The maximum absolute atomic E-state index is 11.9. The molecule has 0 spiro atoms. The van der Waals surface area contributed by atoms with Crippen LogP contribution < -0.4 is 10.9 Å². The number of fused-ring (bicyclic) bond motifs is 1. The van der Waals surface area contributed by atoms with Crippen molar-refractivity contribution >= 4 is 45.9 Å². The van der Waals surface area contributed by atoms with Crippen molar-refractivity contribution < 1.29 is 4.79 Å². The molecule has 0 unspecified atom stereocenters. The van der Waals surface area contributed by atoms with E-state index in [1.807, 2.05) is 24.3 Å². The minimum absolute atomic E-state index is 0.0666. The number of hydrogen-bond acceptors (Lipinski definition) is 4. The van der Waals surface area contributed by atoms with Gasteiger partial charge in [-0.1, -0.05) is 11.8 Å². The van der Waals surface area contributed by atoms with Crippen molar-refractivity contribution in [1.82, 2.24) is 9.97 Å². The molecule has 22 heavy (non-hydrogen) atoms. The summed E-state index contributed by atoms with van der Waals surface area (Å²) in [6, 6.07) is 7.59. The van der Waals surface area contributed by atoms with Crippen LogP contribution in [-0.4, -0.2) is 21.6 Å². The molecule has 0 fully saturated rings. The molecule has 1 amide bonds. The molecule has 0 saturated heterocycles. The first kappa shape index (κ1) is 15.5. The van der Waals surface area contributed by atoms with Gasteiger partial charge in [-0.3, -0.25) is 9.59 Å². The molecular weight excluding hydrogens is 413 g/mol. The Kier molecular flexibility index (Phi) is 4.82. The number of anilines is 1. The molecule has 0 bridgehead atoms. The highest BCUT2D eigenvalue weighted by atomic mass is 127. The summed E-state index contributed by atoms with van der Waals surface area (Å²) in [6.07, 6.45) is 2.63. The molecule has 5 nitrogen and oxygen atoms in total. The average molecular weight is 427 g/mol. The number of aryl methyl sites for hydroxylation is 1. The van der Waals surface area contributed by atoms with Crippen LogP contribution in [0.5, 0.6) is 0 Å². The lowest BCUT2D eigenvalue weighted by Crippen LogP contribution is -2.17. The van der Waals surface area contributed by atoms with Gasteiger partial charge in [0, 0.05) is 14.8 Å². The Morgan fingerprint density at radius 1 is 1.32 bits per heavy atom. The van der Waals surface area contributed by atoms with E-state index in [-0.39, 0.29) is 17.2 Å². The van der Waals surface area contributed by atoms with Crippen molar-refractivity contribution in [2.75, 3.05) is 11.1 Å². The summed E-state index contributed by atoms with van der Waals surface area (Å²) in [5.41, 5.74) is 2.38. The van der Waals surface area contributed by atoms with E-state index >= 15 is 0 Å². The number of aromatic nitrogens is 2. The van der Waals surface area contributed by atoms with Crippen LogP contribution in [-0.2, 0) is 17.6 Å². The molecule has 2 aromatic rings. The largest absolute Gasteiger partial charge is 0.325 e. The Bertz CT molecular complexity index is 758. The zero-order valence-electron chi connectivity index (χ0n) is 11.7. The number of hydrogen-bond donors (Lipinski definition) is 2. The lowest BCUT2D eigenvalue weighted by atomic mass is 10.3. The van der Waals surface area contributed by atoms with Crippen LogP contribution in [0.25, 0.3) is 0 Å². The van der Waals surface area contributed by atoms with Gasteiger partial charge in [0.1, 0.15) is 0 Å². The second-order valence-corrected chi connectivity index (χ2v) is 7.20. The number of rotatable bonds is 4. The number of nitrogens with one attached hydrogen (secondary N) is 2. The zero-order chi connectivity index (χ0) is 15.5. The fraction of sp³-hybridized carbons (Fsp3) is 0.267. The fourth-order valence-corrected chi connectivity index (χ4v) is 3.39. The van der Waals surface area contributed by atoms with Crippen LogP contribution in [0.4, 0.5) is 5.69 Å². The minimum Gasteiger partial charge on any atom is -0.325 e. The van der Waals surface area contributed by atoms with E-state index < -0.39 is 0 Å². The predicted molar refractivity (Wildman–Crippen MR) is 95.4 cm³/mol. The Labute approximate surface area is 145 Å². The molecule has 114 valence electrons. The Balaban J connectivity index is 1.60. The summed E-state index contributed by atoms with van der Waals surface area (Å²) in [5, 5.41) is 3.34. The lowest BCUT2D eigenvalue weighted by molar-refractivity contribution is -0.113. The minimum atomic E-state index is -0.116. The van der Waals surface area contributed by atoms with E-state index in [0.29, 0.717) is 5.16 Å². The van der Waals surface area contributed by atoms with Gasteiger partial charge in [0.15, 0.2) is 5.16 Å². The smallest absolute Gasteiger partial charge is 0.254 e. The van der Waals surface area contributed by atoms with Crippen LogP contribution in [0.2, 0.25) is 0 Å². The first-order valence-electron chi connectivity index (χ1n) is 6.92. The monoisotopic (exact) mass is 427 g/mol. The van der Waals surface area contributed by atoms with E-state index in [2.05, 4.69) is 37.9 Å². The van der Waals surface area contributed by atoms with Gasteiger partial charge < -0.3 is 10.3 Å². The number of carbonyl (C=O) groups is 1. The van der Waals surface area contributed by atoms with Crippen LogP contribution in [0, 0.1) is 3.57 Å². The first-order valence-corrected chi connectivity index (χ1v) is 8.98. The van der Waals surface area contributed by atoms with Crippen molar-refractivity contribution in [3.8, 4) is 0 Å². The predicted octanol–water partition coefficient (Wildman–Crippen LogP) is 2.59. The second kappa shape index (κ2) is 6.82. The molecule has 7 heteroatoms. The summed E-state index contributed by atoms with van der Waals surface area (Å²) < 4.78 is 1.12. The van der Waals surface area contributed by atoms with E-state index in [9.17, 15) is 9.59 Å². The van der Waals surface area contributed by atoms with Crippen molar-refractivity contribution in [3.63, 3.8) is 0 Å². The highest BCUT2D eigenvalue weighted by Gasteiger charge is 2.17. The number of nitrogens with zero attached hydrogens (tertiary/aromatic N) is 1. The van der Waals surface area contributed by atoms with Gasteiger partial charge >= 0.3 is 0 Å². The number of carbonyl (C=O) groups excluding carboxylic acids is 1. The highest BCUT2D eigenvalue weighted by Crippen LogP contribution is 2.19.